The van der Waals surface area contributed by atoms with E-state index < -0.39 is 18.6 Å². The van der Waals surface area contributed by atoms with E-state index in [2.05, 4.69) is 5.32 Å². The van der Waals surface area contributed by atoms with Crippen molar-refractivity contribution in [1.29, 1.82) is 0 Å². The zero-order valence-electron chi connectivity index (χ0n) is 12.5. The van der Waals surface area contributed by atoms with Crippen molar-refractivity contribution in [3.05, 3.63) is 0 Å². The monoisotopic (exact) mass is 324 g/mol. The fourth-order valence-electron chi connectivity index (χ4n) is 1.72. The highest BCUT2D eigenvalue weighted by Crippen LogP contribution is 2.17. The summed E-state index contributed by atoms with van der Waals surface area (Å²) in [4.78, 5) is 22.6. The second-order valence-corrected chi connectivity index (χ2v) is 5.38. The summed E-state index contributed by atoms with van der Waals surface area (Å²) >= 11 is 0. The summed E-state index contributed by atoms with van der Waals surface area (Å²) in [6.07, 6.45) is 1.54. The number of halogens is 1. The van der Waals surface area contributed by atoms with Crippen molar-refractivity contribution in [2.75, 3.05) is 6.54 Å². The highest BCUT2D eigenvalue weighted by Gasteiger charge is 2.33. The lowest BCUT2D eigenvalue weighted by Crippen LogP contribution is -2.50. The van der Waals surface area contributed by atoms with Gasteiger partial charge in [0.05, 0.1) is 0 Å². The number of unbranched alkanes of at least 4 members (excludes halogenated alkanes) is 1. The van der Waals surface area contributed by atoms with Gasteiger partial charge in [0.15, 0.2) is 0 Å². The lowest BCUT2D eigenvalue weighted by atomic mass is 9.81. The van der Waals surface area contributed by atoms with Crippen molar-refractivity contribution in [1.82, 2.24) is 5.32 Å². The van der Waals surface area contributed by atoms with Crippen LogP contribution in [-0.4, -0.2) is 46.2 Å². The molecule has 9 heteroatoms. The fraction of sp³-hybridized carbons (Fsp3) is 0.833. The first kappa shape index (κ1) is 22.5. The number of rotatable bonds is 10. The van der Waals surface area contributed by atoms with Gasteiger partial charge < -0.3 is 26.2 Å². The van der Waals surface area contributed by atoms with Crippen LogP contribution < -0.4 is 11.1 Å². The highest BCUT2D eigenvalue weighted by atomic mass is 35.5. The van der Waals surface area contributed by atoms with Crippen molar-refractivity contribution >= 4 is 31.4 Å². The Balaban J connectivity index is 0. The molecular formula is C12H26BClN2O5. The summed E-state index contributed by atoms with van der Waals surface area (Å²) in [5, 5.41) is 29.2. The number of carbonyl (C=O) groups is 2. The predicted molar refractivity (Wildman–Crippen MR) is 83.1 cm³/mol. The first-order chi connectivity index (χ1) is 9.19. The van der Waals surface area contributed by atoms with Gasteiger partial charge in [0.2, 0.25) is 5.91 Å². The van der Waals surface area contributed by atoms with Crippen LogP contribution in [-0.2, 0) is 9.59 Å². The normalized spacial score (nSPS) is 13.2. The van der Waals surface area contributed by atoms with Gasteiger partial charge >= 0.3 is 13.1 Å². The molecule has 0 aliphatic carbocycles. The summed E-state index contributed by atoms with van der Waals surface area (Å²) in [7, 11) is -1.38. The maximum atomic E-state index is 11.4. The highest BCUT2D eigenvalue weighted by molar-refractivity contribution is 6.40. The van der Waals surface area contributed by atoms with Gasteiger partial charge in [0, 0.05) is 12.5 Å². The molecule has 0 aromatic carbocycles. The molecule has 7 nitrogen and oxygen atoms in total. The summed E-state index contributed by atoms with van der Waals surface area (Å²) in [5.41, 5.74) is 4.45. The zero-order chi connectivity index (χ0) is 15.8. The minimum absolute atomic E-state index is 0. The Labute approximate surface area is 131 Å². The van der Waals surface area contributed by atoms with Crippen molar-refractivity contribution in [3.63, 3.8) is 0 Å². The number of hydrogen-bond donors (Lipinski definition) is 5. The first-order valence-electron chi connectivity index (χ1n) is 6.85. The maximum absolute atomic E-state index is 11.4. The Kier molecular flexibility index (Phi) is 11.6. The fourth-order valence-corrected chi connectivity index (χ4v) is 1.72. The molecule has 0 radical (unpaired) electrons. The van der Waals surface area contributed by atoms with Gasteiger partial charge in [0.1, 0.15) is 5.54 Å². The smallest absolute Gasteiger partial charge is 0.451 e. The van der Waals surface area contributed by atoms with Crippen LogP contribution in [0, 0.1) is 5.92 Å². The number of nitrogens with one attached hydrogen (secondary N) is 1. The van der Waals surface area contributed by atoms with Gasteiger partial charge in [-0.1, -0.05) is 26.7 Å². The summed E-state index contributed by atoms with van der Waals surface area (Å²) in [6.45, 7) is 3.72. The van der Waals surface area contributed by atoms with Gasteiger partial charge in [-0.05, 0) is 19.2 Å². The third-order valence-electron chi connectivity index (χ3n) is 3.16. The van der Waals surface area contributed by atoms with Crippen LogP contribution in [0.25, 0.3) is 0 Å². The topological polar surface area (TPSA) is 133 Å². The molecule has 1 atom stereocenters. The Morgan fingerprint density at radius 2 is 1.81 bits per heavy atom. The first-order valence-corrected chi connectivity index (χ1v) is 6.85. The summed E-state index contributed by atoms with van der Waals surface area (Å²) in [5.74, 6) is -1.40. The van der Waals surface area contributed by atoms with Gasteiger partial charge in [-0.25, -0.2) is 0 Å². The molecule has 0 aromatic rings. The number of carboxylic acids is 1. The van der Waals surface area contributed by atoms with E-state index in [4.69, 9.17) is 15.8 Å². The van der Waals surface area contributed by atoms with E-state index in [-0.39, 0.29) is 49.9 Å². The van der Waals surface area contributed by atoms with Crippen molar-refractivity contribution in [3.8, 4) is 0 Å². The largest absolute Gasteiger partial charge is 0.480 e. The van der Waals surface area contributed by atoms with E-state index in [1.54, 1.807) is 13.8 Å². The second-order valence-electron chi connectivity index (χ2n) is 5.38. The molecular weight excluding hydrogens is 298 g/mol. The minimum atomic E-state index is -1.40. The molecule has 0 saturated heterocycles. The SMILES string of the molecule is CC(C)C(=O)NCCC(N)(CCCCB(O)O)C(=O)O.Cl. The molecule has 0 aromatic heterocycles. The molecule has 0 heterocycles. The molecule has 6 N–H and O–H groups in total. The molecule has 0 rings (SSSR count). The number of amides is 1. The Morgan fingerprint density at radius 3 is 2.24 bits per heavy atom. The molecule has 0 spiro atoms. The molecule has 1 unspecified atom stereocenters. The maximum Gasteiger partial charge on any atom is 0.451 e. The third kappa shape index (κ3) is 9.68. The average molecular weight is 325 g/mol. The van der Waals surface area contributed by atoms with Crippen LogP contribution in [0.5, 0.6) is 0 Å². The van der Waals surface area contributed by atoms with Gasteiger partial charge in [-0.15, -0.1) is 12.4 Å². The van der Waals surface area contributed by atoms with E-state index in [0.717, 1.165) is 0 Å². The van der Waals surface area contributed by atoms with Crippen LogP contribution in [0.2, 0.25) is 6.32 Å². The Hall–Kier alpha value is -0.825. The lowest BCUT2D eigenvalue weighted by molar-refractivity contribution is -0.144. The average Bonchev–Trinajstić information content (AvgIpc) is 2.34. The van der Waals surface area contributed by atoms with E-state index in [0.29, 0.717) is 12.8 Å². The van der Waals surface area contributed by atoms with E-state index in [1.165, 1.54) is 0 Å². The Morgan fingerprint density at radius 1 is 1.24 bits per heavy atom. The molecule has 0 saturated carbocycles. The lowest BCUT2D eigenvalue weighted by Gasteiger charge is -2.25. The van der Waals surface area contributed by atoms with Gasteiger partial charge in [-0.2, -0.15) is 0 Å². The molecule has 0 fully saturated rings. The van der Waals surface area contributed by atoms with Crippen LogP contribution in [0.3, 0.4) is 0 Å². The molecule has 1 amide bonds. The predicted octanol–water partition coefficient (Wildman–Crippen LogP) is -0.00430. The van der Waals surface area contributed by atoms with Gasteiger partial charge in [-0.3, -0.25) is 9.59 Å². The van der Waals surface area contributed by atoms with Crippen molar-refractivity contribution < 1.29 is 24.7 Å². The van der Waals surface area contributed by atoms with E-state index in [1.807, 2.05) is 0 Å². The molecule has 21 heavy (non-hydrogen) atoms. The number of carbonyl (C=O) groups excluding carboxylic acids is 1. The van der Waals surface area contributed by atoms with Crippen molar-refractivity contribution in [2.24, 2.45) is 11.7 Å². The van der Waals surface area contributed by atoms with Crippen LogP contribution in [0.4, 0.5) is 0 Å². The van der Waals surface area contributed by atoms with Crippen LogP contribution in [0.15, 0.2) is 0 Å². The standard InChI is InChI=1S/C12H25BN2O5.ClH/c1-9(2)10(16)15-8-6-12(14,11(17)18)5-3-4-7-13(19)20;/h9,19-20H,3-8,14H2,1-2H3,(H,15,16)(H,17,18);1H. The van der Waals surface area contributed by atoms with Gasteiger partial charge in [0.25, 0.3) is 0 Å². The second kappa shape index (κ2) is 10.8. The number of carboxylic acid groups (broad SMARTS) is 1. The quantitative estimate of drug-likeness (QED) is 0.284. The number of hydrogen-bond acceptors (Lipinski definition) is 5. The Bertz CT molecular complexity index is 331. The van der Waals surface area contributed by atoms with E-state index in [9.17, 15) is 14.7 Å². The molecule has 0 bridgehead atoms. The zero-order valence-corrected chi connectivity index (χ0v) is 13.4. The number of nitrogens with two attached hydrogens (primary N) is 1. The third-order valence-corrected chi connectivity index (χ3v) is 3.16. The summed E-state index contributed by atoms with van der Waals surface area (Å²) in [6, 6.07) is 0. The molecule has 0 aliphatic rings. The minimum Gasteiger partial charge on any atom is -0.480 e. The number of aliphatic carboxylic acids is 1. The van der Waals surface area contributed by atoms with E-state index >= 15 is 0 Å². The molecule has 0 aliphatic heterocycles. The summed E-state index contributed by atoms with van der Waals surface area (Å²) < 4.78 is 0. The van der Waals surface area contributed by atoms with Crippen LogP contribution in [0.1, 0.15) is 39.5 Å². The van der Waals surface area contributed by atoms with Crippen molar-refractivity contribution in [2.45, 2.75) is 51.4 Å². The van der Waals surface area contributed by atoms with Crippen LogP contribution >= 0.6 is 12.4 Å². The molecule has 124 valence electrons.